The van der Waals surface area contributed by atoms with Crippen LogP contribution in [0, 0.1) is 5.92 Å². The maximum absolute atomic E-state index is 12.2. The summed E-state index contributed by atoms with van der Waals surface area (Å²) in [5.74, 6) is -4.13. The molecule has 1 atom stereocenters. The van der Waals surface area contributed by atoms with Crippen LogP contribution in [0.1, 0.15) is 12.8 Å². The van der Waals surface area contributed by atoms with Gasteiger partial charge in [-0.05, 0) is 12.8 Å². The zero-order valence-electron chi connectivity index (χ0n) is 9.35. The highest BCUT2D eigenvalue weighted by molar-refractivity contribution is 7.90. The van der Waals surface area contributed by atoms with Gasteiger partial charge in [-0.15, -0.1) is 0 Å². The van der Waals surface area contributed by atoms with Crippen LogP contribution in [-0.2, 0) is 9.84 Å². The van der Waals surface area contributed by atoms with Crippen molar-refractivity contribution < 1.29 is 34.8 Å². The molecule has 1 unspecified atom stereocenters. The smallest absolute Gasteiger partial charge is 0.327 e. The topological polar surface area (TPSA) is 60.2 Å². The summed E-state index contributed by atoms with van der Waals surface area (Å²) >= 11 is 0. The van der Waals surface area contributed by atoms with Gasteiger partial charge in [-0.1, -0.05) is 0 Å². The van der Waals surface area contributed by atoms with Crippen molar-refractivity contribution in [2.45, 2.75) is 31.2 Å². The Morgan fingerprint density at radius 1 is 1.06 bits per heavy atom. The third kappa shape index (κ3) is 6.43. The van der Waals surface area contributed by atoms with E-state index in [0.717, 1.165) is 6.26 Å². The molecule has 2 N–H and O–H groups in total. The molecule has 0 saturated carbocycles. The monoisotopic (exact) mass is 301 g/mol. The van der Waals surface area contributed by atoms with E-state index in [1.54, 1.807) is 0 Å². The maximum atomic E-state index is 12.2. The Labute approximate surface area is 100 Å². The van der Waals surface area contributed by atoms with Crippen molar-refractivity contribution in [3.05, 3.63) is 0 Å². The summed E-state index contributed by atoms with van der Waals surface area (Å²) < 4.78 is 94.6. The molecule has 0 aromatic rings. The second-order valence-electron chi connectivity index (χ2n) is 4.00. The molecule has 0 saturated heterocycles. The van der Waals surface area contributed by atoms with E-state index >= 15 is 0 Å². The number of nitrogens with two attached hydrogens (primary N) is 1. The quantitative estimate of drug-likeness (QED) is 0.789. The van der Waals surface area contributed by atoms with Crippen LogP contribution in [0.2, 0.25) is 0 Å². The molecule has 18 heavy (non-hydrogen) atoms. The van der Waals surface area contributed by atoms with Gasteiger partial charge in [0.15, 0.2) is 5.92 Å². The second-order valence-corrected chi connectivity index (χ2v) is 6.26. The Balaban J connectivity index is 4.66. The zero-order chi connectivity index (χ0) is 14.8. The minimum atomic E-state index is -5.50. The van der Waals surface area contributed by atoms with Gasteiger partial charge >= 0.3 is 12.4 Å². The van der Waals surface area contributed by atoms with Gasteiger partial charge < -0.3 is 5.73 Å². The average molecular weight is 301 g/mol. The molecule has 3 nitrogen and oxygen atoms in total. The number of hydrogen-bond acceptors (Lipinski definition) is 3. The van der Waals surface area contributed by atoms with Crippen molar-refractivity contribution in [3.8, 4) is 0 Å². The molecule has 0 aliphatic carbocycles. The van der Waals surface area contributed by atoms with E-state index in [-0.39, 0.29) is 6.42 Å². The summed E-state index contributed by atoms with van der Waals surface area (Å²) in [4.78, 5) is 0. The predicted molar refractivity (Wildman–Crippen MR) is 52.5 cm³/mol. The highest BCUT2D eigenvalue weighted by atomic mass is 32.2. The molecule has 110 valence electrons. The van der Waals surface area contributed by atoms with Crippen LogP contribution in [0.5, 0.6) is 0 Å². The molecule has 0 aliphatic heterocycles. The SMILES string of the molecule is CS(=O)(=O)CCCC(N)C(C(F)(F)F)C(F)(F)F. The first-order valence-corrected chi connectivity index (χ1v) is 6.88. The van der Waals surface area contributed by atoms with Gasteiger partial charge in [-0.3, -0.25) is 0 Å². The van der Waals surface area contributed by atoms with Crippen LogP contribution in [0.4, 0.5) is 26.3 Å². The lowest BCUT2D eigenvalue weighted by molar-refractivity contribution is -0.289. The van der Waals surface area contributed by atoms with E-state index in [1.165, 1.54) is 0 Å². The van der Waals surface area contributed by atoms with E-state index in [4.69, 9.17) is 5.73 Å². The fourth-order valence-corrected chi connectivity index (χ4v) is 2.11. The normalized spacial score (nSPS) is 16.1. The molecule has 0 bridgehead atoms. The number of sulfone groups is 1. The first-order chi connectivity index (χ1) is 7.75. The van der Waals surface area contributed by atoms with Crippen molar-refractivity contribution in [2.75, 3.05) is 12.0 Å². The molecule has 0 aliphatic rings. The Kier molecular flexibility index (Phi) is 5.48. The molecule has 0 aromatic heterocycles. The second kappa shape index (κ2) is 5.64. The van der Waals surface area contributed by atoms with Crippen LogP contribution < -0.4 is 5.73 Å². The average Bonchev–Trinajstić information content (AvgIpc) is 1.93. The Morgan fingerprint density at radius 2 is 1.44 bits per heavy atom. The summed E-state index contributed by atoms with van der Waals surface area (Å²) in [5.41, 5.74) is 4.88. The lowest BCUT2D eigenvalue weighted by atomic mass is 9.95. The van der Waals surface area contributed by atoms with Crippen LogP contribution in [-0.4, -0.2) is 38.8 Å². The lowest BCUT2D eigenvalue weighted by Gasteiger charge is -2.28. The summed E-state index contributed by atoms with van der Waals surface area (Å²) in [6.45, 7) is 0. The van der Waals surface area contributed by atoms with Gasteiger partial charge in [0, 0.05) is 18.1 Å². The van der Waals surface area contributed by atoms with Crippen LogP contribution in [0.3, 0.4) is 0 Å². The van der Waals surface area contributed by atoms with Crippen molar-refractivity contribution in [2.24, 2.45) is 11.7 Å². The highest BCUT2D eigenvalue weighted by Crippen LogP contribution is 2.41. The summed E-state index contributed by atoms with van der Waals surface area (Å²) in [7, 11) is -3.43. The predicted octanol–water partition coefficient (Wildman–Crippen LogP) is 1.88. The van der Waals surface area contributed by atoms with Gasteiger partial charge in [0.2, 0.25) is 0 Å². The molecular weight excluding hydrogens is 288 g/mol. The van der Waals surface area contributed by atoms with Crippen molar-refractivity contribution >= 4 is 9.84 Å². The van der Waals surface area contributed by atoms with Crippen LogP contribution >= 0.6 is 0 Å². The van der Waals surface area contributed by atoms with E-state index in [0.29, 0.717) is 0 Å². The Morgan fingerprint density at radius 3 is 1.72 bits per heavy atom. The van der Waals surface area contributed by atoms with E-state index in [2.05, 4.69) is 0 Å². The molecule has 0 rings (SSSR count). The third-order valence-corrected chi connectivity index (χ3v) is 3.22. The summed E-state index contributed by atoms with van der Waals surface area (Å²) in [5, 5.41) is 0. The number of alkyl halides is 6. The van der Waals surface area contributed by atoms with Gasteiger partial charge in [0.1, 0.15) is 9.84 Å². The standard InChI is InChI=1S/C8H13F6NO2S/c1-18(16,17)4-2-3-5(15)6(7(9,10)11)8(12,13)14/h5-6H,2-4,15H2,1H3. The Hall–Kier alpha value is -0.510. The highest BCUT2D eigenvalue weighted by Gasteiger charge is 2.59. The van der Waals surface area contributed by atoms with E-state index in [1.807, 2.05) is 0 Å². The molecule has 0 aromatic carbocycles. The van der Waals surface area contributed by atoms with Gasteiger partial charge in [-0.25, -0.2) is 8.42 Å². The van der Waals surface area contributed by atoms with Gasteiger partial charge in [0.05, 0.1) is 0 Å². The third-order valence-electron chi connectivity index (χ3n) is 2.19. The minimum absolute atomic E-state index is 0.345. The van der Waals surface area contributed by atoms with E-state index in [9.17, 15) is 34.8 Å². The van der Waals surface area contributed by atoms with Crippen molar-refractivity contribution in [3.63, 3.8) is 0 Å². The maximum Gasteiger partial charge on any atom is 0.401 e. The van der Waals surface area contributed by atoms with Gasteiger partial charge in [-0.2, -0.15) is 26.3 Å². The molecule has 0 heterocycles. The molecule has 10 heteroatoms. The minimum Gasteiger partial charge on any atom is -0.327 e. The van der Waals surface area contributed by atoms with Crippen molar-refractivity contribution in [1.82, 2.24) is 0 Å². The van der Waals surface area contributed by atoms with E-state index < -0.39 is 46.3 Å². The summed E-state index contributed by atoms with van der Waals surface area (Å²) in [6.07, 6.45) is -11.2. The van der Waals surface area contributed by atoms with Crippen LogP contribution in [0.25, 0.3) is 0 Å². The molecular formula is C8H13F6NO2S. The first kappa shape index (κ1) is 17.5. The largest absolute Gasteiger partial charge is 0.401 e. The molecule has 0 amide bonds. The molecule has 0 fully saturated rings. The number of halogens is 6. The zero-order valence-corrected chi connectivity index (χ0v) is 10.2. The molecule has 0 spiro atoms. The number of rotatable bonds is 5. The van der Waals surface area contributed by atoms with Gasteiger partial charge in [0.25, 0.3) is 0 Å². The van der Waals surface area contributed by atoms with Crippen LogP contribution in [0.15, 0.2) is 0 Å². The fraction of sp³-hybridized carbons (Fsp3) is 1.00. The first-order valence-electron chi connectivity index (χ1n) is 4.82. The summed E-state index contributed by atoms with van der Waals surface area (Å²) in [6, 6.07) is -2.20. The fourth-order valence-electron chi connectivity index (χ4n) is 1.42. The lowest BCUT2D eigenvalue weighted by Crippen LogP contribution is -2.48. The molecule has 0 radical (unpaired) electrons. The Bertz CT molecular complexity index is 347. The van der Waals surface area contributed by atoms with Crippen molar-refractivity contribution in [1.29, 1.82) is 0 Å². The number of hydrogen-bond donors (Lipinski definition) is 1.